The molecule has 6 aromatic heterocycles. The van der Waals surface area contributed by atoms with Crippen LogP contribution in [0.4, 0.5) is 17.7 Å². The van der Waals surface area contributed by atoms with E-state index in [1.165, 1.54) is 45.1 Å². The molecule has 80 heavy (non-hydrogen) atoms. The number of aromatic nitrogens is 12. The summed E-state index contributed by atoms with van der Waals surface area (Å²) in [4.78, 5) is 99.0. The second-order valence-corrected chi connectivity index (χ2v) is 25.2. The number of nitrogens with zero attached hydrogens (tertiary/aromatic N) is 10. The second-order valence-electron chi connectivity index (χ2n) is 18.6. The summed E-state index contributed by atoms with van der Waals surface area (Å²) in [5.41, 5.74) is 8.64. The van der Waals surface area contributed by atoms with Gasteiger partial charge in [-0.2, -0.15) is 13.6 Å². The first kappa shape index (κ1) is 59.5. The van der Waals surface area contributed by atoms with E-state index in [0.29, 0.717) is 0 Å². The Morgan fingerprint density at radius 2 is 1.35 bits per heavy atom. The van der Waals surface area contributed by atoms with Gasteiger partial charge >= 0.3 is 36.7 Å². The summed E-state index contributed by atoms with van der Waals surface area (Å²) in [6.07, 6.45) is -9.74. The fourth-order valence-electron chi connectivity index (χ4n) is 9.54. The Labute approximate surface area is 448 Å². The number of aromatic amines is 2. The van der Waals surface area contributed by atoms with Gasteiger partial charge in [0.05, 0.1) is 52.2 Å². The van der Waals surface area contributed by atoms with E-state index in [-0.39, 0.29) is 63.9 Å². The van der Waals surface area contributed by atoms with E-state index in [2.05, 4.69) is 53.8 Å². The molecule has 42 heteroatoms. The Balaban J connectivity index is 0.891. The van der Waals surface area contributed by atoms with Crippen molar-refractivity contribution in [2.45, 2.75) is 87.0 Å². The third kappa shape index (κ3) is 11.9. The Morgan fingerprint density at radius 3 is 2.00 bits per heavy atom. The number of ether oxygens (including phenoxy) is 6. The molecule has 3 aliphatic heterocycles. The molecule has 0 aliphatic carbocycles. The average molecular weight is 1210 g/mol. The molecule has 9 rings (SSSR count). The number of aryl methyl sites for hydroxylation is 1. The van der Waals surface area contributed by atoms with Crippen LogP contribution < -0.4 is 32.5 Å². The molecule has 3 saturated heterocycles. The van der Waals surface area contributed by atoms with Gasteiger partial charge in [0.15, 0.2) is 41.4 Å². The second kappa shape index (κ2) is 22.9. The van der Waals surface area contributed by atoms with Crippen LogP contribution in [0.15, 0.2) is 34.9 Å². The number of rotatable bonds is 23. The third-order valence-corrected chi connectivity index (χ3v) is 19.1. The standard InChI is InChI=1S/C38H55N15O23P4/c1-15(2)45-38-47-31-22(33(57)49-38)50(3)14-53(31)34-23(54)16(7-66-4)17(72-34)8-70-78(60,61)75-80(64,65)76-79(62,63)71-10-19-27(26(68-6)36(74-19)51-12-43-20-28(39)41-11-42-29(20)51)77(58,59)69-9-18-24(55)25(67-5)35(73-18)52-13-44-21-30(52)46-37(40)48-32(21)56/h11-19,23-27,34-36,54-55H,7-10H2,1-6H3,(H10-,39,40,41,42,45,46,47,48,49,56,57,58,59,60,61,62,63,64,65)/p+1/t16-,17-,18-,19?,23-,24-,25-,26-,27-,34-,35-,36-/m1/s1. The number of nitrogen functional groups attached to an aromatic ring is 2. The minimum atomic E-state index is -6.19. The van der Waals surface area contributed by atoms with Gasteiger partial charge in [0.2, 0.25) is 17.7 Å². The zero-order valence-electron chi connectivity index (χ0n) is 42.7. The number of hydrogen-bond donors (Lipinski definition) is 11. The van der Waals surface area contributed by atoms with Gasteiger partial charge in [0, 0.05) is 33.3 Å². The van der Waals surface area contributed by atoms with Gasteiger partial charge in [-0.3, -0.25) is 46.9 Å². The molecule has 9 heterocycles. The van der Waals surface area contributed by atoms with Gasteiger partial charge in [-0.25, -0.2) is 38.2 Å². The van der Waals surface area contributed by atoms with Crippen molar-refractivity contribution in [1.29, 1.82) is 0 Å². The maximum absolute atomic E-state index is 14.6. The minimum Gasteiger partial charge on any atom is -0.387 e. The van der Waals surface area contributed by atoms with Crippen molar-refractivity contribution in [3.05, 3.63) is 46.0 Å². The highest BCUT2D eigenvalue weighted by atomic mass is 31.3. The Kier molecular flexibility index (Phi) is 17.0. The maximum atomic E-state index is 14.6. The Bertz CT molecular complexity index is 3580. The van der Waals surface area contributed by atoms with Crippen LogP contribution in [0.5, 0.6) is 0 Å². The molecule has 0 spiro atoms. The van der Waals surface area contributed by atoms with E-state index < -0.39 is 135 Å². The fourth-order valence-corrected chi connectivity index (χ4v) is 14.8. The number of H-pyrrole nitrogens is 2. The molecule has 440 valence electrons. The lowest BCUT2D eigenvalue weighted by molar-refractivity contribution is -0.745. The molecule has 3 fully saturated rings. The van der Waals surface area contributed by atoms with E-state index in [4.69, 9.17) is 53.5 Å². The molecule has 5 unspecified atom stereocenters. The molecular weight excluding hydrogens is 1160 g/mol. The van der Waals surface area contributed by atoms with Crippen molar-refractivity contribution < 1.29 is 103 Å². The predicted octanol–water partition coefficient (Wildman–Crippen LogP) is -1.85. The van der Waals surface area contributed by atoms with Gasteiger partial charge in [-0.15, -0.1) is 0 Å². The molecular formula is C38H56N15O23P4+. The van der Waals surface area contributed by atoms with E-state index >= 15 is 0 Å². The van der Waals surface area contributed by atoms with E-state index in [0.717, 1.165) is 19.8 Å². The number of nitrogens with two attached hydrogens (primary N) is 2. The molecule has 0 saturated carbocycles. The molecule has 38 nitrogen and oxygen atoms in total. The number of aliphatic hydroxyl groups excluding tert-OH is 2. The number of methoxy groups -OCH3 is 3. The number of hydrogen-bond acceptors (Lipinski definition) is 28. The van der Waals surface area contributed by atoms with Crippen LogP contribution in [0.2, 0.25) is 0 Å². The van der Waals surface area contributed by atoms with Crippen molar-refractivity contribution in [2.75, 3.05) is 64.5 Å². The molecule has 0 amide bonds. The third-order valence-electron chi connectivity index (χ3n) is 12.9. The van der Waals surface area contributed by atoms with Crippen LogP contribution in [0.3, 0.4) is 0 Å². The van der Waals surface area contributed by atoms with Gasteiger partial charge in [-0.05, 0) is 13.8 Å². The molecule has 0 radical (unpaired) electrons. The monoisotopic (exact) mass is 1210 g/mol. The molecule has 0 bridgehead atoms. The highest BCUT2D eigenvalue weighted by Crippen LogP contribution is 2.68. The quantitative estimate of drug-likeness (QED) is 0.0248. The summed E-state index contributed by atoms with van der Waals surface area (Å²) >= 11 is 0. The smallest absolute Gasteiger partial charge is 0.387 e. The molecule has 3 aliphatic rings. The SMILES string of the molecule is COC[C@H]1[C@@H](O)[C@H]([n+]2cn(C)c3c(=O)[nH]c(NC(C)C)nc32)O[C@@H]1COP(=O)(O)OP(=O)(O)OP(=O)(O)OCC1O[C@@H](n2cnc3c(N)ncnc32)[C@H](OC)[C@@H]1P(=O)(O)OC[C@H]1O[C@@H](n2cnc3c(=O)[nH]c(N)nc32)[C@H](OC)[C@@H]1O. The average Bonchev–Trinajstić information content (AvgIpc) is 4.32. The first-order valence-electron chi connectivity index (χ1n) is 23.6. The molecule has 6 aromatic rings. The number of imidazole rings is 3. The number of phosphoric acid groups is 3. The first-order valence-corrected chi connectivity index (χ1v) is 29.8. The molecule has 13 N–H and O–H groups in total. The van der Waals surface area contributed by atoms with Crippen LogP contribution in [0.25, 0.3) is 33.5 Å². The topological polar surface area (TPSA) is 517 Å². The lowest BCUT2D eigenvalue weighted by Crippen LogP contribution is -2.45. The van der Waals surface area contributed by atoms with Gasteiger partial charge < -0.3 is 79.5 Å². The summed E-state index contributed by atoms with van der Waals surface area (Å²) in [7, 11) is -18.1. The van der Waals surface area contributed by atoms with Crippen molar-refractivity contribution in [2.24, 2.45) is 13.0 Å². The van der Waals surface area contributed by atoms with Gasteiger partial charge in [0.25, 0.3) is 17.1 Å². The summed E-state index contributed by atoms with van der Waals surface area (Å²) in [5, 5.41) is 25.8. The maximum Gasteiger partial charge on any atom is 0.490 e. The van der Waals surface area contributed by atoms with E-state index in [1.54, 1.807) is 7.05 Å². The van der Waals surface area contributed by atoms with Crippen LogP contribution in [-0.4, -0.2) is 186 Å². The number of aliphatic hydroxyl groups is 2. The van der Waals surface area contributed by atoms with Crippen molar-refractivity contribution >= 4 is 82.3 Å². The van der Waals surface area contributed by atoms with E-state index in [9.17, 15) is 57.6 Å². The first-order chi connectivity index (χ1) is 37.7. The predicted molar refractivity (Wildman–Crippen MR) is 266 cm³/mol. The summed E-state index contributed by atoms with van der Waals surface area (Å²) < 4.78 is 118. The number of fused-ring (bicyclic) bond motifs is 3. The fraction of sp³-hybridized carbons (Fsp3) is 0.605. The van der Waals surface area contributed by atoms with E-state index in [1.807, 2.05) is 13.8 Å². The lowest BCUT2D eigenvalue weighted by Gasteiger charge is -2.28. The summed E-state index contributed by atoms with van der Waals surface area (Å²) in [5.74, 6) is -1.26. The Hall–Kier alpha value is -5.11. The van der Waals surface area contributed by atoms with Crippen LogP contribution in [0, 0.1) is 5.92 Å². The van der Waals surface area contributed by atoms with Crippen molar-refractivity contribution in [1.82, 2.24) is 53.6 Å². The summed E-state index contributed by atoms with van der Waals surface area (Å²) in [6.45, 7) is 0.305. The van der Waals surface area contributed by atoms with Gasteiger partial charge in [-0.1, -0.05) is 4.98 Å². The van der Waals surface area contributed by atoms with Gasteiger partial charge in [0.1, 0.15) is 54.1 Å². The highest BCUT2D eigenvalue weighted by Gasteiger charge is 2.58. The highest BCUT2D eigenvalue weighted by molar-refractivity contribution is 7.66. The zero-order chi connectivity index (χ0) is 58.0. The molecule has 16 atom stereocenters. The number of phosphoric ester groups is 2. The summed E-state index contributed by atoms with van der Waals surface area (Å²) in [6, 6.07) is -0.140. The zero-order valence-corrected chi connectivity index (χ0v) is 46.3. The van der Waals surface area contributed by atoms with Crippen molar-refractivity contribution in [3.8, 4) is 0 Å². The van der Waals surface area contributed by atoms with Crippen LogP contribution in [0.1, 0.15) is 32.5 Å². The molecule has 0 aromatic carbocycles. The lowest BCUT2D eigenvalue weighted by atomic mass is 9.99. The normalized spacial score (nSPS) is 29.4. The van der Waals surface area contributed by atoms with Crippen molar-refractivity contribution in [3.63, 3.8) is 0 Å². The number of nitrogens with one attached hydrogen (secondary N) is 3. The minimum absolute atomic E-state index is 0.0185. The number of anilines is 3. The van der Waals surface area contributed by atoms with Crippen LogP contribution in [-0.2, 0) is 75.9 Å². The van der Waals surface area contributed by atoms with Crippen LogP contribution >= 0.6 is 31.1 Å². The Morgan fingerprint density at radius 1 is 0.738 bits per heavy atom. The largest absolute Gasteiger partial charge is 0.490 e.